The fraction of sp³-hybridized carbons (Fsp3) is 0.333. The van der Waals surface area contributed by atoms with E-state index in [2.05, 4.69) is 4.72 Å². The highest BCUT2D eigenvalue weighted by molar-refractivity contribution is 7.89. The van der Waals surface area contributed by atoms with Gasteiger partial charge in [0, 0.05) is 12.0 Å². The van der Waals surface area contributed by atoms with E-state index in [1.54, 1.807) is 26.0 Å². The molecule has 0 radical (unpaired) electrons. The number of esters is 1. The number of aryl methyl sites for hydroxylation is 1. The number of rotatable bonds is 9. The molecule has 0 fully saturated rings. The molecule has 0 saturated carbocycles. The highest BCUT2D eigenvalue weighted by Gasteiger charge is 2.31. The van der Waals surface area contributed by atoms with Gasteiger partial charge in [-0.05, 0) is 24.6 Å². The van der Waals surface area contributed by atoms with Gasteiger partial charge in [0.15, 0.2) is 5.78 Å². The first kappa shape index (κ1) is 21.8. The van der Waals surface area contributed by atoms with Crippen LogP contribution >= 0.6 is 0 Å². The second-order valence-electron chi connectivity index (χ2n) is 7.27. The Bertz CT molecular complexity index is 919. The Balaban J connectivity index is 1.89. The minimum absolute atomic E-state index is 0.0907. The Morgan fingerprint density at radius 1 is 1.00 bits per heavy atom. The van der Waals surface area contributed by atoms with Gasteiger partial charge in [0.05, 0.1) is 4.90 Å². The summed E-state index contributed by atoms with van der Waals surface area (Å²) in [6.45, 7) is 5.03. The first-order chi connectivity index (χ1) is 13.1. The monoisotopic (exact) mass is 403 g/mol. The Morgan fingerprint density at radius 2 is 1.61 bits per heavy atom. The zero-order valence-corrected chi connectivity index (χ0v) is 17.1. The second-order valence-corrected chi connectivity index (χ2v) is 9.03. The zero-order valence-electron chi connectivity index (χ0n) is 16.3. The lowest BCUT2D eigenvalue weighted by molar-refractivity contribution is -0.148. The van der Waals surface area contributed by atoms with Gasteiger partial charge in [-0.1, -0.05) is 61.9 Å². The highest BCUT2D eigenvalue weighted by atomic mass is 32.2. The number of carbonyl (C=O) groups is 2. The van der Waals surface area contributed by atoms with Crippen LogP contribution in [-0.4, -0.2) is 26.7 Å². The van der Waals surface area contributed by atoms with Crippen molar-refractivity contribution >= 4 is 21.8 Å². The van der Waals surface area contributed by atoms with E-state index in [1.165, 1.54) is 12.1 Å². The SMILES string of the molecule is Cc1ccc(S(=O)(=O)NCC(C)(C)C(=O)CC(=O)OCc2ccccc2)cc1. The number of ether oxygens (including phenoxy) is 1. The van der Waals surface area contributed by atoms with Crippen LogP contribution in [0.3, 0.4) is 0 Å². The van der Waals surface area contributed by atoms with E-state index in [9.17, 15) is 18.0 Å². The molecule has 7 heteroatoms. The van der Waals surface area contributed by atoms with E-state index < -0.39 is 33.6 Å². The largest absolute Gasteiger partial charge is 0.460 e. The summed E-state index contributed by atoms with van der Waals surface area (Å²) in [4.78, 5) is 24.5. The molecule has 0 aliphatic carbocycles. The molecule has 0 heterocycles. The van der Waals surface area contributed by atoms with Crippen LogP contribution < -0.4 is 4.72 Å². The lowest BCUT2D eigenvalue weighted by atomic mass is 9.86. The number of nitrogens with one attached hydrogen (secondary N) is 1. The summed E-state index contributed by atoms with van der Waals surface area (Å²) in [5.74, 6) is -1.03. The molecule has 28 heavy (non-hydrogen) atoms. The first-order valence-electron chi connectivity index (χ1n) is 8.89. The molecule has 6 nitrogen and oxygen atoms in total. The van der Waals surface area contributed by atoms with Crippen LogP contribution in [0.15, 0.2) is 59.5 Å². The van der Waals surface area contributed by atoms with Gasteiger partial charge in [-0.25, -0.2) is 13.1 Å². The predicted molar refractivity (Wildman–Crippen MR) is 106 cm³/mol. The average molecular weight is 404 g/mol. The fourth-order valence-electron chi connectivity index (χ4n) is 2.33. The molecular weight excluding hydrogens is 378 g/mol. The van der Waals surface area contributed by atoms with Crippen LogP contribution in [0.5, 0.6) is 0 Å². The highest BCUT2D eigenvalue weighted by Crippen LogP contribution is 2.20. The molecule has 0 spiro atoms. The van der Waals surface area contributed by atoms with Gasteiger partial charge in [0.2, 0.25) is 10.0 Å². The third-order valence-corrected chi connectivity index (χ3v) is 5.75. The summed E-state index contributed by atoms with van der Waals surface area (Å²) < 4.78 is 32.3. The van der Waals surface area contributed by atoms with Crippen LogP contribution in [-0.2, 0) is 31.0 Å². The van der Waals surface area contributed by atoms with Gasteiger partial charge in [0.1, 0.15) is 13.0 Å². The van der Waals surface area contributed by atoms with Crippen molar-refractivity contribution in [3.63, 3.8) is 0 Å². The van der Waals surface area contributed by atoms with Crippen molar-refractivity contribution in [3.8, 4) is 0 Å². The van der Waals surface area contributed by atoms with Crippen molar-refractivity contribution in [3.05, 3.63) is 65.7 Å². The number of benzene rings is 2. The van der Waals surface area contributed by atoms with Crippen LogP contribution in [0.4, 0.5) is 0 Å². The van der Waals surface area contributed by atoms with Crippen molar-refractivity contribution in [1.29, 1.82) is 0 Å². The molecule has 0 saturated heterocycles. The Kier molecular flexibility index (Phi) is 7.10. The molecule has 0 aliphatic rings. The summed E-state index contributed by atoms with van der Waals surface area (Å²) in [6, 6.07) is 15.6. The van der Waals surface area contributed by atoms with Gasteiger partial charge in [-0.3, -0.25) is 9.59 Å². The van der Waals surface area contributed by atoms with Crippen molar-refractivity contribution in [2.24, 2.45) is 5.41 Å². The molecule has 1 N–H and O–H groups in total. The van der Waals surface area contributed by atoms with Crippen molar-refractivity contribution in [2.75, 3.05) is 6.54 Å². The molecular formula is C21H25NO5S. The molecule has 0 bridgehead atoms. The van der Waals surface area contributed by atoms with Crippen molar-refractivity contribution in [1.82, 2.24) is 4.72 Å². The topological polar surface area (TPSA) is 89.5 Å². The fourth-order valence-corrected chi connectivity index (χ4v) is 3.55. The second kappa shape index (κ2) is 9.12. The maximum Gasteiger partial charge on any atom is 0.313 e. The molecule has 0 aromatic heterocycles. The molecule has 0 aliphatic heterocycles. The molecule has 0 atom stereocenters. The number of ketones is 1. The van der Waals surface area contributed by atoms with E-state index in [4.69, 9.17) is 4.74 Å². The van der Waals surface area contributed by atoms with Crippen LogP contribution in [0.1, 0.15) is 31.4 Å². The van der Waals surface area contributed by atoms with E-state index in [-0.39, 0.29) is 18.0 Å². The summed E-state index contributed by atoms with van der Waals surface area (Å²) in [5.41, 5.74) is 0.723. The van der Waals surface area contributed by atoms with Gasteiger partial charge < -0.3 is 4.74 Å². The summed E-state index contributed by atoms with van der Waals surface area (Å²) in [5, 5.41) is 0. The number of hydrogen-bond acceptors (Lipinski definition) is 5. The smallest absolute Gasteiger partial charge is 0.313 e. The van der Waals surface area contributed by atoms with Crippen molar-refractivity contribution < 1.29 is 22.7 Å². The van der Waals surface area contributed by atoms with Crippen LogP contribution in [0.25, 0.3) is 0 Å². The third kappa shape index (κ3) is 6.28. The Labute approximate surface area is 166 Å². The zero-order chi connectivity index (χ0) is 20.8. The van der Waals surface area contributed by atoms with Gasteiger partial charge in [0.25, 0.3) is 0 Å². The van der Waals surface area contributed by atoms with Crippen LogP contribution in [0.2, 0.25) is 0 Å². The minimum atomic E-state index is -3.74. The maximum atomic E-state index is 12.4. The molecule has 0 amide bonds. The van der Waals surface area contributed by atoms with Gasteiger partial charge in [-0.2, -0.15) is 0 Å². The summed E-state index contributed by atoms with van der Waals surface area (Å²) in [7, 11) is -3.74. The molecule has 0 unspecified atom stereocenters. The summed E-state index contributed by atoms with van der Waals surface area (Å²) >= 11 is 0. The lowest BCUT2D eigenvalue weighted by Gasteiger charge is -2.23. The average Bonchev–Trinajstić information content (AvgIpc) is 2.66. The quantitative estimate of drug-likeness (QED) is 0.513. The van der Waals surface area contributed by atoms with E-state index in [0.29, 0.717) is 0 Å². The standard InChI is InChI=1S/C21H25NO5S/c1-16-9-11-18(12-10-16)28(25,26)22-15-21(2,3)19(23)13-20(24)27-14-17-7-5-4-6-8-17/h4-12,22H,13-15H2,1-3H3. The lowest BCUT2D eigenvalue weighted by Crippen LogP contribution is -2.39. The number of hydrogen-bond donors (Lipinski definition) is 1. The van der Waals surface area contributed by atoms with Gasteiger partial charge >= 0.3 is 5.97 Å². The predicted octanol–water partition coefficient (Wildman–Crippen LogP) is 3.00. The van der Waals surface area contributed by atoms with E-state index >= 15 is 0 Å². The number of Topliss-reactive ketones (excluding diaryl/α,β-unsaturated/α-hetero) is 1. The van der Waals surface area contributed by atoms with E-state index in [0.717, 1.165) is 11.1 Å². The molecule has 2 aromatic carbocycles. The van der Waals surface area contributed by atoms with Crippen LogP contribution in [0, 0.1) is 12.3 Å². The minimum Gasteiger partial charge on any atom is -0.460 e. The van der Waals surface area contributed by atoms with Crippen molar-refractivity contribution in [2.45, 2.75) is 38.7 Å². The molecule has 2 rings (SSSR count). The number of carbonyl (C=O) groups excluding carboxylic acids is 2. The van der Waals surface area contributed by atoms with Gasteiger partial charge in [-0.15, -0.1) is 0 Å². The maximum absolute atomic E-state index is 12.4. The Hall–Kier alpha value is -2.51. The third-order valence-electron chi connectivity index (χ3n) is 4.34. The molecule has 2 aromatic rings. The Morgan fingerprint density at radius 3 is 2.21 bits per heavy atom. The normalized spacial score (nSPS) is 11.8. The summed E-state index contributed by atoms with van der Waals surface area (Å²) in [6.07, 6.45) is -0.411. The van der Waals surface area contributed by atoms with E-state index in [1.807, 2.05) is 37.3 Å². The molecule has 150 valence electrons. The first-order valence-corrected chi connectivity index (χ1v) is 10.4. The number of sulfonamides is 1.